The molecule has 0 amide bonds. The minimum Gasteiger partial charge on any atom is -0.497 e. The van der Waals surface area contributed by atoms with Gasteiger partial charge in [-0.2, -0.15) is 0 Å². The largest absolute Gasteiger partial charge is 0.497 e. The Balaban J connectivity index is 0.000000421. The van der Waals surface area contributed by atoms with E-state index in [2.05, 4.69) is 38.1 Å². The first-order valence-electron chi connectivity index (χ1n) is 10.1. The molecular formula is C26H34ClNO2. The Labute approximate surface area is 187 Å². The van der Waals surface area contributed by atoms with Crippen LogP contribution in [0.25, 0.3) is 0 Å². The molecule has 0 aliphatic carbocycles. The summed E-state index contributed by atoms with van der Waals surface area (Å²) in [6.45, 7) is 5.17. The third kappa shape index (κ3) is 8.10. The predicted octanol–water partition coefficient (Wildman–Crippen LogP) is 6.45. The molecule has 0 spiro atoms. The van der Waals surface area contributed by atoms with Crippen molar-refractivity contribution in [3.8, 4) is 11.5 Å². The van der Waals surface area contributed by atoms with Gasteiger partial charge < -0.3 is 15.2 Å². The molecule has 0 fully saturated rings. The number of nitrogens with two attached hydrogens (primary N) is 1. The summed E-state index contributed by atoms with van der Waals surface area (Å²) in [5.41, 5.74) is 9.19. The molecule has 0 saturated heterocycles. The Morgan fingerprint density at radius 2 is 1.13 bits per heavy atom. The van der Waals surface area contributed by atoms with Crippen LogP contribution in [0.4, 0.5) is 0 Å². The van der Waals surface area contributed by atoms with Gasteiger partial charge in [-0.1, -0.05) is 68.4 Å². The van der Waals surface area contributed by atoms with Gasteiger partial charge in [0.1, 0.15) is 11.5 Å². The van der Waals surface area contributed by atoms with E-state index in [4.69, 9.17) is 15.2 Å². The van der Waals surface area contributed by atoms with Crippen molar-refractivity contribution in [2.45, 2.75) is 32.7 Å². The predicted molar refractivity (Wildman–Crippen MR) is 129 cm³/mol. The smallest absolute Gasteiger partial charge is 0.118 e. The van der Waals surface area contributed by atoms with Gasteiger partial charge in [-0.25, -0.2) is 0 Å². The van der Waals surface area contributed by atoms with Crippen molar-refractivity contribution in [1.29, 1.82) is 0 Å². The maximum absolute atomic E-state index is 5.35. The minimum atomic E-state index is 0. The molecule has 0 saturated carbocycles. The lowest BCUT2D eigenvalue weighted by Gasteiger charge is -2.20. The number of benzene rings is 3. The quantitative estimate of drug-likeness (QED) is 0.471. The Bertz CT molecular complexity index is 770. The fourth-order valence-corrected chi connectivity index (χ4v) is 3.22. The molecule has 3 nitrogen and oxygen atoms in total. The number of halogens is 1. The fourth-order valence-electron chi connectivity index (χ4n) is 3.22. The second kappa shape index (κ2) is 13.7. The molecule has 30 heavy (non-hydrogen) atoms. The van der Waals surface area contributed by atoms with E-state index in [1.807, 2.05) is 54.6 Å². The highest BCUT2D eigenvalue weighted by Crippen LogP contribution is 2.32. The summed E-state index contributed by atoms with van der Waals surface area (Å²) in [6, 6.07) is 26.8. The van der Waals surface area contributed by atoms with Crippen LogP contribution in [0.1, 0.15) is 42.9 Å². The molecule has 0 aromatic heterocycles. The standard InChI is InChI=1S/C19H24O2.C7H9N.ClH/c1-14(2)13-19(15-5-9-17(20-3)10-6-15)16-7-11-18(21-4)12-8-16;8-6-7-4-2-1-3-5-7;/h5-12,14,19H,13H2,1-4H3;1-5H,6,8H2;1H. The van der Waals surface area contributed by atoms with E-state index < -0.39 is 0 Å². The highest BCUT2D eigenvalue weighted by Gasteiger charge is 2.16. The van der Waals surface area contributed by atoms with Crippen LogP contribution in [-0.2, 0) is 6.54 Å². The highest BCUT2D eigenvalue weighted by molar-refractivity contribution is 5.85. The van der Waals surface area contributed by atoms with Gasteiger partial charge in [0.05, 0.1) is 14.2 Å². The van der Waals surface area contributed by atoms with E-state index in [1.165, 1.54) is 16.7 Å². The van der Waals surface area contributed by atoms with E-state index in [-0.39, 0.29) is 12.4 Å². The van der Waals surface area contributed by atoms with Crippen LogP contribution in [0.3, 0.4) is 0 Å². The summed E-state index contributed by atoms with van der Waals surface area (Å²) in [5, 5.41) is 0. The zero-order chi connectivity index (χ0) is 21.1. The molecular weight excluding hydrogens is 394 g/mol. The van der Waals surface area contributed by atoms with Crippen molar-refractivity contribution >= 4 is 12.4 Å². The maximum Gasteiger partial charge on any atom is 0.118 e. The van der Waals surface area contributed by atoms with E-state index in [1.54, 1.807) is 14.2 Å². The van der Waals surface area contributed by atoms with Crippen molar-refractivity contribution in [3.05, 3.63) is 95.6 Å². The monoisotopic (exact) mass is 427 g/mol. The number of ether oxygens (including phenoxy) is 2. The van der Waals surface area contributed by atoms with Gasteiger partial charge in [0.15, 0.2) is 0 Å². The van der Waals surface area contributed by atoms with Crippen LogP contribution in [0.5, 0.6) is 11.5 Å². The van der Waals surface area contributed by atoms with Crippen molar-refractivity contribution in [2.24, 2.45) is 11.7 Å². The Morgan fingerprint density at radius 3 is 1.43 bits per heavy atom. The maximum atomic E-state index is 5.35. The third-order valence-electron chi connectivity index (χ3n) is 4.82. The Kier molecular flexibility index (Phi) is 11.7. The van der Waals surface area contributed by atoms with Crippen LogP contribution in [0.2, 0.25) is 0 Å². The van der Waals surface area contributed by atoms with E-state index in [0.29, 0.717) is 18.4 Å². The number of hydrogen-bond acceptors (Lipinski definition) is 3. The van der Waals surface area contributed by atoms with Crippen molar-refractivity contribution < 1.29 is 9.47 Å². The molecule has 3 aromatic rings. The first-order valence-corrected chi connectivity index (χ1v) is 10.1. The lowest BCUT2D eigenvalue weighted by molar-refractivity contribution is 0.414. The van der Waals surface area contributed by atoms with Gasteiger partial charge in [0.2, 0.25) is 0 Å². The van der Waals surface area contributed by atoms with Crippen molar-refractivity contribution in [2.75, 3.05) is 14.2 Å². The molecule has 0 radical (unpaired) electrons. The second-order valence-corrected chi connectivity index (χ2v) is 7.42. The van der Waals surface area contributed by atoms with Crippen LogP contribution in [0, 0.1) is 5.92 Å². The van der Waals surface area contributed by atoms with Gasteiger partial charge in [0.25, 0.3) is 0 Å². The average Bonchev–Trinajstić information content (AvgIpc) is 2.78. The van der Waals surface area contributed by atoms with Crippen molar-refractivity contribution in [3.63, 3.8) is 0 Å². The summed E-state index contributed by atoms with van der Waals surface area (Å²) in [4.78, 5) is 0. The molecule has 0 aliphatic rings. The van der Waals surface area contributed by atoms with E-state index in [0.717, 1.165) is 17.9 Å². The lowest BCUT2D eigenvalue weighted by atomic mass is 9.84. The second-order valence-electron chi connectivity index (χ2n) is 7.42. The molecule has 0 aliphatic heterocycles. The molecule has 3 aromatic carbocycles. The summed E-state index contributed by atoms with van der Waals surface area (Å²) in [5.74, 6) is 2.84. The van der Waals surface area contributed by atoms with Crippen LogP contribution in [0.15, 0.2) is 78.9 Å². The first kappa shape index (κ1) is 25.5. The van der Waals surface area contributed by atoms with E-state index in [9.17, 15) is 0 Å². The Morgan fingerprint density at radius 1 is 0.700 bits per heavy atom. The fraction of sp³-hybridized carbons (Fsp3) is 0.308. The van der Waals surface area contributed by atoms with Crippen molar-refractivity contribution in [1.82, 2.24) is 0 Å². The lowest BCUT2D eigenvalue weighted by Crippen LogP contribution is -2.05. The number of rotatable bonds is 7. The van der Waals surface area contributed by atoms with Gasteiger partial charge in [0, 0.05) is 12.5 Å². The van der Waals surface area contributed by atoms with Crippen LogP contribution in [-0.4, -0.2) is 14.2 Å². The highest BCUT2D eigenvalue weighted by atomic mass is 35.5. The van der Waals surface area contributed by atoms with Gasteiger partial charge in [-0.15, -0.1) is 12.4 Å². The third-order valence-corrected chi connectivity index (χ3v) is 4.82. The summed E-state index contributed by atoms with van der Waals surface area (Å²) < 4.78 is 10.5. The van der Waals surface area contributed by atoms with Crippen LogP contribution < -0.4 is 15.2 Å². The normalized spacial score (nSPS) is 10.1. The molecule has 3 rings (SSSR count). The Hall–Kier alpha value is -2.49. The molecule has 4 heteroatoms. The topological polar surface area (TPSA) is 44.5 Å². The summed E-state index contributed by atoms with van der Waals surface area (Å²) in [7, 11) is 3.40. The minimum absolute atomic E-state index is 0. The first-order chi connectivity index (χ1) is 14.1. The summed E-state index contributed by atoms with van der Waals surface area (Å²) in [6.07, 6.45) is 1.12. The summed E-state index contributed by atoms with van der Waals surface area (Å²) >= 11 is 0. The molecule has 0 heterocycles. The molecule has 2 N–H and O–H groups in total. The molecule has 0 unspecified atom stereocenters. The van der Waals surface area contributed by atoms with E-state index >= 15 is 0 Å². The number of hydrogen-bond donors (Lipinski definition) is 1. The molecule has 162 valence electrons. The van der Waals surface area contributed by atoms with Crippen LogP contribution >= 0.6 is 12.4 Å². The zero-order valence-electron chi connectivity index (χ0n) is 18.4. The van der Waals surface area contributed by atoms with Gasteiger partial charge >= 0.3 is 0 Å². The SMILES string of the molecule is COc1ccc(C(CC(C)C)c2ccc(OC)cc2)cc1.Cl.NCc1ccccc1. The zero-order valence-corrected chi connectivity index (χ0v) is 19.2. The number of methoxy groups -OCH3 is 2. The molecule has 0 atom stereocenters. The van der Waals surface area contributed by atoms with Gasteiger partial charge in [-0.05, 0) is 53.3 Å². The van der Waals surface area contributed by atoms with Gasteiger partial charge in [-0.3, -0.25) is 0 Å². The molecule has 0 bridgehead atoms. The average molecular weight is 428 g/mol.